The van der Waals surface area contributed by atoms with Gasteiger partial charge in [0.1, 0.15) is 11.7 Å². The Morgan fingerprint density at radius 1 is 1.48 bits per heavy atom. The summed E-state index contributed by atoms with van der Waals surface area (Å²) in [6, 6.07) is 1.72. The Bertz CT molecular complexity index is 693. The number of amides is 1. The Balaban J connectivity index is 1.62. The Labute approximate surface area is 139 Å². The van der Waals surface area contributed by atoms with E-state index in [1.165, 1.54) is 29.9 Å². The molecule has 4 rings (SSSR count). The second kappa shape index (κ2) is 6.05. The van der Waals surface area contributed by atoms with Gasteiger partial charge in [0, 0.05) is 32.0 Å². The van der Waals surface area contributed by atoms with E-state index in [9.17, 15) is 4.79 Å². The van der Waals surface area contributed by atoms with E-state index >= 15 is 0 Å². The van der Waals surface area contributed by atoms with Crippen molar-refractivity contribution in [1.82, 2.24) is 19.9 Å². The van der Waals surface area contributed by atoms with Crippen LogP contribution in [0.1, 0.15) is 40.6 Å². The molecule has 2 aliphatic rings. The minimum Gasteiger partial charge on any atom is -0.382 e. The van der Waals surface area contributed by atoms with E-state index in [0.29, 0.717) is 13.2 Å². The van der Waals surface area contributed by atoms with Crippen molar-refractivity contribution in [1.29, 1.82) is 0 Å². The maximum absolute atomic E-state index is 12.8. The SMILES string of the molecule is COC[C@@H]1c2nnn(CC3CC3)c2CCN1C(=O)c1ccsc1. The van der Waals surface area contributed by atoms with Crippen LogP contribution in [0.15, 0.2) is 16.8 Å². The summed E-state index contributed by atoms with van der Waals surface area (Å²) in [5.74, 6) is 0.808. The van der Waals surface area contributed by atoms with Crippen molar-refractivity contribution < 1.29 is 9.53 Å². The molecule has 7 heteroatoms. The molecule has 1 aliphatic heterocycles. The molecule has 6 nitrogen and oxygen atoms in total. The van der Waals surface area contributed by atoms with Crippen LogP contribution in [0.4, 0.5) is 0 Å². The number of carbonyl (C=O) groups excluding carboxylic acids is 1. The van der Waals surface area contributed by atoms with Crippen LogP contribution >= 0.6 is 11.3 Å². The third-order valence-electron chi connectivity index (χ3n) is 4.63. The number of fused-ring (bicyclic) bond motifs is 1. The monoisotopic (exact) mass is 332 g/mol. The minimum absolute atomic E-state index is 0.0516. The van der Waals surface area contributed by atoms with Crippen LogP contribution in [0.3, 0.4) is 0 Å². The molecule has 2 aromatic heterocycles. The van der Waals surface area contributed by atoms with E-state index in [2.05, 4.69) is 10.3 Å². The molecular weight excluding hydrogens is 312 g/mol. The fourth-order valence-corrected chi connectivity index (χ4v) is 3.84. The van der Waals surface area contributed by atoms with E-state index in [1.807, 2.05) is 26.4 Å². The second-order valence-electron chi connectivity index (χ2n) is 6.28. The van der Waals surface area contributed by atoms with Gasteiger partial charge in [-0.25, -0.2) is 4.68 Å². The molecule has 1 fully saturated rings. The highest BCUT2D eigenvalue weighted by Crippen LogP contribution is 2.34. The molecule has 0 saturated heterocycles. The lowest BCUT2D eigenvalue weighted by atomic mass is 10.0. The number of rotatable bonds is 5. The quantitative estimate of drug-likeness (QED) is 0.842. The maximum Gasteiger partial charge on any atom is 0.255 e. The smallest absolute Gasteiger partial charge is 0.255 e. The molecular formula is C16H20N4O2S. The zero-order valence-electron chi connectivity index (χ0n) is 13.1. The number of carbonyl (C=O) groups is 1. The molecule has 3 heterocycles. The lowest BCUT2D eigenvalue weighted by molar-refractivity contribution is 0.0490. The molecule has 122 valence electrons. The average Bonchev–Trinajstić information content (AvgIpc) is 3.05. The first-order valence-corrected chi connectivity index (χ1v) is 8.96. The van der Waals surface area contributed by atoms with Gasteiger partial charge in [0.2, 0.25) is 0 Å². The lowest BCUT2D eigenvalue weighted by Crippen LogP contribution is -2.42. The second-order valence-corrected chi connectivity index (χ2v) is 7.06. The van der Waals surface area contributed by atoms with Crippen molar-refractivity contribution in [3.63, 3.8) is 0 Å². The van der Waals surface area contributed by atoms with E-state index in [1.54, 1.807) is 7.11 Å². The Morgan fingerprint density at radius 3 is 3.04 bits per heavy atom. The van der Waals surface area contributed by atoms with Crippen LogP contribution in [0.25, 0.3) is 0 Å². The summed E-state index contributed by atoms with van der Waals surface area (Å²) >= 11 is 1.54. The molecule has 0 aromatic carbocycles. The van der Waals surface area contributed by atoms with Gasteiger partial charge in [-0.2, -0.15) is 11.3 Å². The molecule has 1 aliphatic carbocycles. The third-order valence-corrected chi connectivity index (χ3v) is 5.31. The van der Waals surface area contributed by atoms with Gasteiger partial charge in [0.05, 0.1) is 17.9 Å². The fraction of sp³-hybridized carbons (Fsp3) is 0.562. The summed E-state index contributed by atoms with van der Waals surface area (Å²) in [4.78, 5) is 14.7. The average molecular weight is 332 g/mol. The maximum atomic E-state index is 12.8. The van der Waals surface area contributed by atoms with E-state index < -0.39 is 0 Å². The van der Waals surface area contributed by atoms with Gasteiger partial charge >= 0.3 is 0 Å². The fourth-order valence-electron chi connectivity index (χ4n) is 3.21. The van der Waals surface area contributed by atoms with Gasteiger partial charge in [-0.3, -0.25) is 4.79 Å². The summed E-state index contributed by atoms with van der Waals surface area (Å²) in [7, 11) is 1.66. The van der Waals surface area contributed by atoms with Crippen molar-refractivity contribution >= 4 is 17.2 Å². The first-order chi connectivity index (χ1) is 11.3. The summed E-state index contributed by atoms with van der Waals surface area (Å²) in [6.45, 7) is 2.10. The highest BCUT2D eigenvalue weighted by atomic mass is 32.1. The molecule has 1 atom stereocenters. The normalized spacial score (nSPS) is 20.6. The first-order valence-electron chi connectivity index (χ1n) is 8.02. The zero-order valence-corrected chi connectivity index (χ0v) is 14.0. The van der Waals surface area contributed by atoms with Crippen LogP contribution in [0.2, 0.25) is 0 Å². The van der Waals surface area contributed by atoms with Gasteiger partial charge in [-0.05, 0) is 30.2 Å². The van der Waals surface area contributed by atoms with Crippen molar-refractivity contribution in [2.75, 3.05) is 20.3 Å². The lowest BCUT2D eigenvalue weighted by Gasteiger charge is -2.34. The van der Waals surface area contributed by atoms with Crippen LogP contribution in [0.5, 0.6) is 0 Å². The van der Waals surface area contributed by atoms with Crippen LogP contribution in [-0.2, 0) is 17.7 Å². The molecule has 1 amide bonds. The summed E-state index contributed by atoms with van der Waals surface area (Å²) in [5, 5.41) is 12.6. The minimum atomic E-state index is -0.149. The number of methoxy groups -OCH3 is 1. The zero-order chi connectivity index (χ0) is 15.8. The Morgan fingerprint density at radius 2 is 2.35 bits per heavy atom. The van der Waals surface area contributed by atoms with Crippen molar-refractivity contribution in [2.24, 2.45) is 5.92 Å². The largest absolute Gasteiger partial charge is 0.382 e. The van der Waals surface area contributed by atoms with Crippen molar-refractivity contribution in [2.45, 2.75) is 31.8 Å². The highest BCUT2D eigenvalue weighted by Gasteiger charge is 2.36. The van der Waals surface area contributed by atoms with E-state index in [0.717, 1.165) is 30.1 Å². The highest BCUT2D eigenvalue weighted by molar-refractivity contribution is 7.08. The standard InChI is InChI=1S/C16H20N4O2S/c1-22-9-14-15-13(20(18-17-15)8-11-2-3-11)4-6-19(14)16(21)12-5-7-23-10-12/h5,7,10-11,14H,2-4,6,8-9H2,1H3/t14-/m1/s1. The molecule has 0 N–H and O–H groups in total. The van der Waals surface area contributed by atoms with Crippen LogP contribution in [0, 0.1) is 5.92 Å². The van der Waals surface area contributed by atoms with E-state index in [4.69, 9.17) is 4.74 Å². The number of thiophene rings is 1. The van der Waals surface area contributed by atoms with Gasteiger partial charge < -0.3 is 9.64 Å². The molecule has 0 spiro atoms. The molecule has 0 unspecified atom stereocenters. The number of hydrogen-bond acceptors (Lipinski definition) is 5. The van der Waals surface area contributed by atoms with Gasteiger partial charge in [-0.1, -0.05) is 5.21 Å². The van der Waals surface area contributed by atoms with Crippen LogP contribution < -0.4 is 0 Å². The molecule has 2 aromatic rings. The Kier molecular flexibility index (Phi) is 3.90. The molecule has 0 radical (unpaired) electrons. The molecule has 23 heavy (non-hydrogen) atoms. The van der Waals surface area contributed by atoms with E-state index in [-0.39, 0.29) is 11.9 Å². The molecule has 0 bridgehead atoms. The Hall–Kier alpha value is -1.73. The predicted octanol–water partition coefficient (Wildman–Crippen LogP) is 2.14. The summed E-state index contributed by atoms with van der Waals surface area (Å²) < 4.78 is 7.41. The first kappa shape index (κ1) is 14.8. The predicted molar refractivity (Wildman–Crippen MR) is 86.4 cm³/mol. The third kappa shape index (κ3) is 2.79. The summed E-state index contributed by atoms with van der Waals surface area (Å²) in [5.41, 5.74) is 2.82. The number of ether oxygens (including phenoxy) is 1. The van der Waals surface area contributed by atoms with Crippen LogP contribution in [-0.4, -0.2) is 46.1 Å². The number of aromatic nitrogens is 3. The van der Waals surface area contributed by atoms with Gasteiger partial charge in [0.25, 0.3) is 5.91 Å². The number of hydrogen-bond donors (Lipinski definition) is 0. The molecule has 1 saturated carbocycles. The number of nitrogens with zero attached hydrogens (tertiary/aromatic N) is 4. The van der Waals surface area contributed by atoms with Crippen molar-refractivity contribution in [3.8, 4) is 0 Å². The topological polar surface area (TPSA) is 60.3 Å². The van der Waals surface area contributed by atoms with Gasteiger partial charge in [-0.15, -0.1) is 5.10 Å². The summed E-state index contributed by atoms with van der Waals surface area (Å²) in [6.07, 6.45) is 3.39. The van der Waals surface area contributed by atoms with Crippen molar-refractivity contribution in [3.05, 3.63) is 33.8 Å². The van der Waals surface area contributed by atoms with Gasteiger partial charge in [0.15, 0.2) is 0 Å².